The van der Waals surface area contributed by atoms with Crippen LogP contribution < -0.4 is 20.3 Å². The Hall–Kier alpha value is -3.88. The molecule has 0 saturated carbocycles. The number of pyridine rings is 1. The van der Waals surface area contributed by atoms with E-state index in [9.17, 15) is 4.79 Å². The monoisotopic (exact) mass is 532 g/mol. The van der Waals surface area contributed by atoms with Crippen LogP contribution in [0.25, 0.3) is 11.3 Å². The van der Waals surface area contributed by atoms with Gasteiger partial charge in [-0.05, 0) is 73.2 Å². The normalized spacial score (nSPS) is 17.0. The summed E-state index contributed by atoms with van der Waals surface area (Å²) >= 11 is 12.2. The van der Waals surface area contributed by atoms with Gasteiger partial charge in [-0.25, -0.2) is 0 Å². The Morgan fingerprint density at radius 3 is 2.73 bits per heavy atom. The third kappa shape index (κ3) is 4.77. The summed E-state index contributed by atoms with van der Waals surface area (Å²) in [7, 11) is 1.56. The maximum atomic E-state index is 11.8. The quantitative estimate of drug-likeness (QED) is 0.276. The summed E-state index contributed by atoms with van der Waals surface area (Å²) in [6.45, 7) is 3.42. The topological polar surface area (TPSA) is 79.6 Å². The Morgan fingerprint density at radius 2 is 2.00 bits per heavy atom. The van der Waals surface area contributed by atoms with E-state index in [1.54, 1.807) is 19.4 Å². The molecule has 1 aliphatic heterocycles. The first-order valence-corrected chi connectivity index (χ1v) is 12.5. The third-order valence-corrected chi connectivity index (χ3v) is 7.05. The van der Waals surface area contributed by atoms with Gasteiger partial charge in [0.15, 0.2) is 5.11 Å². The van der Waals surface area contributed by atoms with Crippen molar-refractivity contribution in [3.05, 3.63) is 95.0 Å². The van der Waals surface area contributed by atoms with Gasteiger partial charge in [0, 0.05) is 29.4 Å². The molecule has 0 bridgehead atoms. The molecule has 37 heavy (non-hydrogen) atoms. The summed E-state index contributed by atoms with van der Waals surface area (Å²) in [6, 6.07) is 20.3. The van der Waals surface area contributed by atoms with Crippen LogP contribution >= 0.6 is 23.8 Å². The molecule has 0 unspecified atom stereocenters. The van der Waals surface area contributed by atoms with Crippen molar-refractivity contribution in [3.63, 3.8) is 0 Å². The van der Waals surface area contributed by atoms with E-state index in [4.69, 9.17) is 33.0 Å². The van der Waals surface area contributed by atoms with E-state index in [1.165, 1.54) is 6.92 Å². The molecule has 9 heteroatoms. The van der Waals surface area contributed by atoms with E-state index >= 15 is 0 Å². The van der Waals surface area contributed by atoms with Crippen molar-refractivity contribution in [1.29, 1.82) is 0 Å². The van der Waals surface area contributed by atoms with E-state index in [0.29, 0.717) is 33.1 Å². The van der Waals surface area contributed by atoms with Crippen LogP contribution in [0.1, 0.15) is 36.0 Å². The molecule has 188 valence electrons. The van der Waals surface area contributed by atoms with Crippen molar-refractivity contribution < 1.29 is 13.9 Å². The van der Waals surface area contributed by atoms with E-state index in [2.05, 4.69) is 15.6 Å². The van der Waals surface area contributed by atoms with Gasteiger partial charge in [0.1, 0.15) is 23.3 Å². The molecular formula is C28H25ClN4O3S. The molecule has 1 fully saturated rings. The summed E-state index contributed by atoms with van der Waals surface area (Å²) in [4.78, 5) is 18.4. The predicted molar refractivity (Wildman–Crippen MR) is 149 cm³/mol. The molecular weight excluding hydrogens is 508 g/mol. The molecule has 1 saturated heterocycles. The van der Waals surface area contributed by atoms with E-state index < -0.39 is 0 Å². The summed E-state index contributed by atoms with van der Waals surface area (Å²) < 4.78 is 11.9. The maximum absolute atomic E-state index is 11.8. The molecule has 7 nitrogen and oxygen atoms in total. The van der Waals surface area contributed by atoms with Crippen molar-refractivity contribution in [1.82, 2.24) is 10.3 Å². The minimum atomic E-state index is -0.353. The molecule has 4 aromatic rings. The van der Waals surface area contributed by atoms with Crippen LogP contribution in [0.2, 0.25) is 5.02 Å². The number of nitrogens with one attached hydrogen (secondary N) is 2. The van der Waals surface area contributed by atoms with E-state index in [-0.39, 0.29) is 18.0 Å². The summed E-state index contributed by atoms with van der Waals surface area (Å²) in [6.07, 6.45) is 1.75. The predicted octanol–water partition coefficient (Wildman–Crippen LogP) is 6.45. The highest BCUT2D eigenvalue weighted by Crippen LogP contribution is 2.44. The molecule has 0 spiro atoms. The van der Waals surface area contributed by atoms with Gasteiger partial charge in [-0.2, -0.15) is 0 Å². The molecule has 3 heterocycles. The zero-order chi connectivity index (χ0) is 26.1. The lowest BCUT2D eigenvalue weighted by atomic mass is 10.0. The number of carbonyl (C=O) groups excluding carboxylic acids is 1. The van der Waals surface area contributed by atoms with E-state index in [1.807, 2.05) is 72.5 Å². The van der Waals surface area contributed by atoms with Gasteiger partial charge in [-0.3, -0.25) is 9.78 Å². The Kier molecular flexibility index (Phi) is 6.86. The van der Waals surface area contributed by atoms with Crippen LogP contribution in [-0.4, -0.2) is 23.1 Å². The van der Waals surface area contributed by atoms with E-state index in [0.717, 1.165) is 22.5 Å². The molecule has 2 atom stereocenters. The lowest BCUT2D eigenvalue weighted by Gasteiger charge is -2.27. The lowest BCUT2D eigenvalue weighted by Crippen LogP contribution is -2.29. The van der Waals surface area contributed by atoms with Crippen LogP contribution in [0, 0.1) is 6.92 Å². The largest absolute Gasteiger partial charge is 0.495 e. The number of aromatic nitrogens is 1. The second-order valence-electron chi connectivity index (χ2n) is 8.68. The molecule has 5 rings (SSSR count). The zero-order valence-electron chi connectivity index (χ0n) is 20.5. The van der Waals surface area contributed by atoms with Crippen molar-refractivity contribution in [2.45, 2.75) is 25.9 Å². The zero-order valence-corrected chi connectivity index (χ0v) is 22.1. The highest BCUT2D eigenvalue weighted by atomic mass is 35.5. The highest BCUT2D eigenvalue weighted by Gasteiger charge is 2.42. The summed E-state index contributed by atoms with van der Waals surface area (Å²) in [5.74, 6) is 1.76. The number of thiocarbonyl (C=S) groups is 1. The van der Waals surface area contributed by atoms with Gasteiger partial charge in [-0.15, -0.1) is 0 Å². The van der Waals surface area contributed by atoms with Gasteiger partial charge in [0.2, 0.25) is 5.91 Å². The number of hydrogen-bond acceptors (Lipinski definition) is 5. The number of amides is 1. The number of halogens is 1. The van der Waals surface area contributed by atoms with Crippen LogP contribution in [-0.2, 0) is 4.79 Å². The van der Waals surface area contributed by atoms with Crippen LogP contribution in [0.15, 0.2) is 77.3 Å². The van der Waals surface area contributed by atoms with Crippen molar-refractivity contribution in [2.24, 2.45) is 0 Å². The SMILES string of the molecule is COc1ccc(N2C(=S)N[C@H](c3ccccn3)[C@@H]2c2ccc(-c3cccc(Cl)c3C)o2)cc1NC(C)=O. The van der Waals surface area contributed by atoms with Gasteiger partial charge < -0.3 is 24.7 Å². The second kappa shape index (κ2) is 10.2. The van der Waals surface area contributed by atoms with Crippen LogP contribution in [0.3, 0.4) is 0 Å². The Morgan fingerprint density at radius 1 is 1.16 bits per heavy atom. The first kappa shape index (κ1) is 24.8. The molecule has 2 aromatic carbocycles. The average Bonchev–Trinajstić information content (AvgIpc) is 3.50. The van der Waals surface area contributed by atoms with Crippen molar-refractivity contribution in [3.8, 4) is 17.1 Å². The fraction of sp³-hybridized carbons (Fsp3) is 0.179. The smallest absolute Gasteiger partial charge is 0.221 e. The van der Waals surface area contributed by atoms with Crippen molar-refractivity contribution in [2.75, 3.05) is 17.3 Å². The number of benzene rings is 2. The Bertz CT molecular complexity index is 1470. The molecule has 1 amide bonds. The minimum Gasteiger partial charge on any atom is -0.495 e. The summed E-state index contributed by atoms with van der Waals surface area (Å²) in [5, 5.41) is 7.44. The third-order valence-electron chi connectivity index (χ3n) is 6.32. The number of furan rings is 1. The summed E-state index contributed by atoms with van der Waals surface area (Å²) in [5.41, 5.74) is 4.00. The van der Waals surface area contributed by atoms with Crippen LogP contribution in [0.5, 0.6) is 5.75 Å². The number of anilines is 2. The lowest BCUT2D eigenvalue weighted by molar-refractivity contribution is -0.114. The molecule has 2 aromatic heterocycles. The Balaban J connectivity index is 1.62. The van der Waals surface area contributed by atoms with Gasteiger partial charge in [-0.1, -0.05) is 29.8 Å². The fourth-order valence-electron chi connectivity index (χ4n) is 4.59. The minimum absolute atomic E-state index is 0.201. The molecule has 0 aliphatic carbocycles. The number of methoxy groups -OCH3 is 1. The average molecular weight is 533 g/mol. The van der Waals surface area contributed by atoms with Crippen molar-refractivity contribution >= 4 is 46.2 Å². The highest BCUT2D eigenvalue weighted by molar-refractivity contribution is 7.80. The molecule has 1 aliphatic rings. The fourth-order valence-corrected chi connectivity index (χ4v) is 5.11. The number of carbonyl (C=O) groups is 1. The first-order chi connectivity index (χ1) is 17.9. The number of rotatable bonds is 6. The Labute approximate surface area is 225 Å². The number of hydrogen-bond donors (Lipinski definition) is 2. The number of nitrogens with zero attached hydrogens (tertiary/aromatic N) is 2. The van der Waals surface area contributed by atoms with Gasteiger partial charge >= 0.3 is 0 Å². The second-order valence-corrected chi connectivity index (χ2v) is 9.47. The van der Waals surface area contributed by atoms with Gasteiger partial charge in [0.05, 0.1) is 24.5 Å². The standard InChI is InChI=1S/C28H25ClN4O3S/c1-16-19(7-6-8-20(16)29)23-12-13-25(36-23)27-26(21-9-4-5-14-30-21)32-28(37)33(27)18-10-11-24(35-3)22(15-18)31-17(2)34/h4-15,26-27H,1-3H3,(H,31,34)(H,32,37)/t26-,27+/m1/s1. The van der Waals surface area contributed by atoms with Crippen LogP contribution in [0.4, 0.5) is 11.4 Å². The number of ether oxygens (including phenoxy) is 1. The molecule has 0 radical (unpaired) electrons. The van der Waals surface area contributed by atoms with Gasteiger partial charge in [0.25, 0.3) is 0 Å². The molecule has 2 N–H and O–H groups in total. The maximum Gasteiger partial charge on any atom is 0.221 e. The first-order valence-electron chi connectivity index (χ1n) is 11.7.